The molecule has 118 valence electrons. The fourth-order valence-corrected chi connectivity index (χ4v) is 3.08. The molecule has 0 aliphatic rings. The molecule has 4 nitrogen and oxygen atoms in total. The van der Waals surface area contributed by atoms with Crippen molar-refractivity contribution in [1.82, 2.24) is 8.52 Å². The summed E-state index contributed by atoms with van der Waals surface area (Å²) in [6.45, 7) is 2.51. The van der Waals surface area contributed by atoms with Crippen molar-refractivity contribution in [1.29, 1.82) is 0 Å². The lowest BCUT2D eigenvalue weighted by atomic mass is 10.1. The minimum Gasteiger partial charge on any atom is -0.255 e. The Morgan fingerprint density at radius 2 is 1.48 bits per heavy atom. The topological polar surface area (TPSA) is 44.0 Å². The van der Waals surface area contributed by atoms with Crippen molar-refractivity contribution >= 4 is 11.5 Å². The maximum Gasteiger partial charge on any atom is 0.341 e. The van der Waals surface area contributed by atoms with Crippen LogP contribution in [-0.2, 0) is 13.1 Å². The second kappa shape index (κ2) is 6.34. The maximum atomic E-state index is 12.9. The Morgan fingerprint density at radius 1 is 0.913 bits per heavy atom. The smallest absolute Gasteiger partial charge is 0.255 e. The summed E-state index contributed by atoms with van der Waals surface area (Å²) in [5, 5.41) is 0. The zero-order chi connectivity index (χ0) is 16.4. The number of aryl methyl sites for hydroxylation is 1. The molecule has 0 N–H and O–H groups in total. The van der Waals surface area contributed by atoms with Gasteiger partial charge in [0.1, 0.15) is 5.82 Å². The lowest BCUT2D eigenvalue weighted by Gasteiger charge is -2.02. The van der Waals surface area contributed by atoms with Gasteiger partial charge in [-0.1, -0.05) is 42.0 Å². The van der Waals surface area contributed by atoms with Gasteiger partial charge in [0.25, 0.3) is 0 Å². The van der Waals surface area contributed by atoms with Crippen LogP contribution in [0.5, 0.6) is 0 Å². The van der Waals surface area contributed by atoms with Gasteiger partial charge in [-0.15, -0.1) is 0 Å². The summed E-state index contributed by atoms with van der Waals surface area (Å²) in [5.74, 6) is -0.344. The normalized spacial score (nSPS) is 10.9. The number of rotatable bonds is 4. The number of hydrogen-bond acceptors (Lipinski definition) is 3. The van der Waals surface area contributed by atoms with Crippen LogP contribution in [0.1, 0.15) is 16.7 Å². The molecule has 3 aromatic rings. The van der Waals surface area contributed by atoms with Gasteiger partial charge in [0.15, 0.2) is 0 Å². The monoisotopic (exact) mass is 330 g/mol. The van der Waals surface area contributed by atoms with Gasteiger partial charge >= 0.3 is 10.6 Å². The summed E-state index contributed by atoms with van der Waals surface area (Å²) in [7, 11) is 0. The lowest BCUT2D eigenvalue weighted by Crippen LogP contribution is -2.29. The zero-order valence-corrected chi connectivity index (χ0v) is 13.3. The fraction of sp³-hybridized carbons (Fsp3) is 0.176. The number of hydrogen-bond donors (Lipinski definition) is 0. The molecule has 0 radical (unpaired) electrons. The van der Waals surface area contributed by atoms with Crippen LogP contribution >= 0.6 is 11.5 Å². The number of nitrogens with zero attached hydrogens (tertiary/aromatic N) is 2. The van der Waals surface area contributed by atoms with E-state index in [1.54, 1.807) is 12.1 Å². The van der Waals surface area contributed by atoms with Crippen molar-refractivity contribution in [3.8, 4) is 0 Å². The first kappa shape index (κ1) is 15.4. The fourth-order valence-electron chi connectivity index (χ4n) is 2.26. The van der Waals surface area contributed by atoms with Crippen molar-refractivity contribution in [3.05, 3.63) is 91.2 Å². The molecule has 0 spiro atoms. The molecular weight excluding hydrogens is 315 g/mol. The molecular formula is C17H15FN2O2S. The molecule has 0 aliphatic carbocycles. The Labute approximate surface area is 136 Å². The van der Waals surface area contributed by atoms with Gasteiger partial charge < -0.3 is 0 Å². The largest absolute Gasteiger partial charge is 0.341 e. The maximum absolute atomic E-state index is 12.9. The van der Waals surface area contributed by atoms with Gasteiger partial charge in [0.05, 0.1) is 13.1 Å². The van der Waals surface area contributed by atoms with Crippen molar-refractivity contribution in [3.63, 3.8) is 0 Å². The molecule has 2 aromatic carbocycles. The highest BCUT2D eigenvalue weighted by molar-refractivity contribution is 7.03. The van der Waals surface area contributed by atoms with Gasteiger partial charge in [0.2, 0.25) is 0 Å². The van der Waals surface area contributed by atoms with Crippen LogP contribution in [-0.4, -0.2) is 8.52 Å². The summed E-state index contributed by atoms with van der Waals surface area (Å²) >= 11 is 0.900. The number of aromatic nitrogens is 2. The van der Waals surface area contributed by atoms with E-state index >= 15 is 0 Å². The molecule has 23 heavy (non-hydrogen) atoms. The Kier molecular flexibility index (Phi) is 4.25. The molecule has 0 saturated carbocycles. The Hall–Kier alpha value is -2.47. The van der Waals surface area contributed by atoms with Crippen LogP contribution in [0, 0.1) is 12.7 Å². The van der Waals surface area contributed by atoms with E-state index in [1.807, 2.05) is 31.2 Å². The Bertz CT molecular complexity index is 921. The van der Waals surface area contributed by atoms with Crippen molar-refractivity contribution < 1.29 is 4.39 Å². The molecule has 0 aliphatic heterocycles. The first-order valence-corrected chi connectivity index (χ1v) is 7.91. The van der Waals surface area contributed by atoms with E-state index in [2.05, 4.69) is 0 Å². The minimum absolute atomic E-state index is 0.148. The van der Waals surface area contributed by atoms with Crippen molar-refractivity contribution in [2.75, 3.05) is 0 Å². The highest BCUT2D eigenvalue weighted by Gasteiger charge is 2.11. The van der Waals surface area contributed by atoms with Crippen LogP contribution in [0.3, 0.4) is 0 Å². The third-order valence-corrected chi connectivity index (χ3v) is 4.44. The van der Waals surface area contributed by atoms with E-state index in [0.29, 0.717) is 12.1 Å². The van der Waals surface area contributed by atoms with Gasteiger partial charge in [0, 0.05) is 11.5 Å². The molecule has 0 saturated heterocycles. The van der Waals surface area contributed by atoms with Gasteiger partial charge in [-0.25, -0.2) is 17.7 Å². The summed E-state index contributed by atoms with van der Waals surface area (Å²) in [4.78, 5) is 24.1. The summed E-state index contributed by atoms with van der Waals surface area (Å²) in [6, 6.07) is 13.6. The second-order valence-electron chi connectivity index (χ2n) is 5.37. The van der Waals surface area contributed by atoms with Crippen LogP contribution in [0.2, 0.25) is 0 Å². The van der Waals surface area contributed by atoms with E-state index in [0.717, 1.165) is 22.7 Å². The summed E-state index contributed by atoms with van der Waals surface area (Å²) in [5.41, 5.74) is 2.48. The highest BCUT2D eigenvalue weighted by atomic mass is 32.1. The third kappa shape index (κ3) is 3.48. The molecule has 0 amide bonds. The number of benzene rings is 2. The molecule has 3 rings (SSSR count). The quantitative estimate of drug-likeness (QED) is 0.738. The van der Waals surface area contributed by atoms with Crippen molar-refractivity contribution in [2.24, 2.45) is 0 Å². The SMILES string of the molecule is Cc1ccc(Cn2sc(=O)n(Cc3ccc(F)cc3)c2=O)cc1. The van der Waals surface area contributed by atoms with E-state index in [-0.39, 0.29) is 22.9 Å². The average Bonchev–Trinajstić information content (AvgIpc) is 2.79. The van der Waals surface area contributed by atoms with E-state index in [1.165, 1.54) is 20.7 Å². The highest BCUT2D eigenvalue weighted by Crippen LogP contribution is 2.06. The lowest BCUT2D eigenvalue weighted by molar-refractivity contribution is 0.625. The predicted molar refractivity (Wildman–Crippen MR) is 88.6 cm³/mol. The molecule has 1 aromatic heterocycles. The van der Waals surface area contributed by atoms with Crippen LogP contribution in [0.25, 0.3) is 0 Å². The van der Waals surface area contributed by atoms with Crippen LogP contribution < -0.4 is 10.6 Å². The standard InChI is InChI=1S/C17H15FN2O2S/c1-12-2-4-14(5-3-12)11-20-16(21)19(17(22)23-20)10-13-6-8-15(18)9-7-13/h2-9H,10-11H2,1H3. The van der Waals surface area contributed by atoms with Gasteiger partial charge in [-0.05, 0) is 30.2 Å². The minimum atomic E-state index is -0.344. The average molecular weight is 330 g/mol. The van der Waals surface area contributed by atoms with E-state index in [9.17, 15) is 14.0 Å². The van der Waals surface area contributed by atoms with Gasteiger partial charge in [-0.2, -0.15) is 0 Å². The summed E-state index contributed by atoms with van der Waals surface area (Å²) in [6.07, 6.45) is 0. The zero-order valence-electron chi connectivity index (χ0n) is 12.5. The molecule has 6 heteroatoms. The molecule has 0 atom stereocenters. The van der Waals surface area contributed by atoms with Gasteiger partial charge in [-0.3, -0.25) is 4.79 Å². The molecule has 0 unspecified atom stereocenters. The van der Waals surface area contributed by atoms with Crippen LogP contribution in [0.4, 0.5) is 4.39 Å². The Balaban J connectivity index is 1.87. The second-order valence-corrected chi connectivity index (χ2v) is 6.35. The third-order valence-electron chi connectivity index (χ3n) is 3.55. The first-order chi connectivity index (χ1) is 11.0. The molecule has 1 heterocycles. The summed E-state index contributed by atoms with van der Waals surface area (Å²) < 4.78 is 15.5. The first-order valence-electron chi connectivity index (χ1n) is 7.14. The molecule has 0 bridgehead atoms. The number of halogens is 1. The Morgan fingerprint density at radius 3 is 2.13 bits per heavy atom. The van der Waals surface area contributed by atoms with E-state index in [4.69, 9.17) is 0 Å². The van der Waals surface area contributed by atoms with E-state index < -0.39 is 0 Å². The van der Waals surface area contributed by atoms with Crippen molar-refractivity contribution in [2.45, 2.75) is 20.0 Å². The van der Waals surface area contributed by atoms with Crippen LogP contribution in [0.15, 0.2) is 58.1 Å². The molecule has 0 fully saturated rings. The predicted octanol–water partition coefficient (Wildman–Crippen LogP) is 2.62.